The number of esters is 1. The molecule has 206 valence electrons. The van der Waals surface area contributed by atoms with E-state index in [1.807, 2.05) is 42.5 Å². The third-order valence-electron chi connectivity index (χ3n) is 8.22. The molecule has 1 unspecified atom stereocenters. The Morgan fingerprint density at radius 1 is 1.10 bits per heavy atom. The van der Waals surface area contributed by atoms with Gasteiger partial charge in [-0.15, -0.1) is 16.9 Å². The van der Waals surface area contributed by atoms with E-state index in [-0.39, 0.29) is 36.3 Å². The van der Waals surface area contributed by atoms with Gasteiger partial charge in [0.05, 0.1) is 28.7 Å². The number of rotatable bonds is 7. The number of likely N-dealkylation sites (tertiary alicyclic amines) is 1. The van der Waals surface area contributed by atoms with Gasteiger partial charge in [0.15, 0.2) is 0 Å². The Balaban J connectivity index is 1.37. The highest BCUT2D eigenvalue weighted by atomic mass is 32.2. The van der Waals surface area contributed by atoms with Crippen LogP contribution in [0, 0.1) is 11.8 Å². The summed E-state index contributed by atoms with van der Waals surface area (Å²) in [6.45, 7) is 1.37. The number of aliphatic hydroxyl groups excluding tert-OH is 1. The fourth-order valence-corrected chi connectivity index (χ4v) is 8.42. The SMILES string of the molecule is O=C1OCCC/C=C\[C@H]2S[C@]34C=CCN(Cn5nnc6ccccc65)C(=O)C3N(CCCCCO)C(=O)[C@@H]4[C@@H]12. The van der Waals surface area contributed by atoms with E-state index in [1.165, 1.54) is 0 Å². The summed E-state index contributed by atoms with van der Waals surface area (Å²) in [5.41, 5.74) is 1.57. The summed E-state index contributed by atoms with van der Waals surface area (Å²) in [5.74, 6) is -2.01. The van der Waals surface area contributed by atoms with E-state index in [4.69, 9.17) is 4.74 Å². The van der Waals surface area contributed by atoms with Crippen LogP contribution in [0.1, 0.15) is 32.1 Å². The van der Waals surface area contributed by atoms with Crippen LogP contribution in [0.15, 0.2) is 48.6 Å². The van der Waals surface area contributed by atoms with Gasteiger partial charge in [-0.3, -0.25) is 14.4 Å². The Morgan fingerprint density at radius 3 is 2.85 bits per heavy atom. The third-order valence-corrected chi connectivity index (χ3v) is 9.96. The first-order chi connectivity index (χ1) is 19.0. The lowest BCUT2D eigenvalue weighted by atomic mass is 9.78. The van der Waals surface area contributed by atoms with E-state index in [1.54, 1.807) is 26.2 Å². The molecule has 0 bridgehead atoms. The molecule has 0 aliphatic carbocycles. The molecule has 1 N–H and O–H groups in total. The van der Waals surface area contributed by atoms with Gasteiger partial charge in [0.25, 0.3) is 0 Å². The monoisotopic (exact) mass is 551 g/mol. The zero-order chi connectivity index (χ0) is 27.0. The van der Waals surface area contributed by atoms with Crippen LogP contribution in [-0.4, -0.2) is 90.0 Å². The Kier molecular flexibility index (Phi) is 7.20. The molecule has 11 heteroatoms. The van der Waals surface area contributed by atoms with E-state index < -0.39 is 22.6 Å². The maximum atomic E-state index is 14.4. The summed E-state index contributed by atoms with van der Waals surface area (Å²) in [6.07, 6.45) is 11.7. The minimum atomic E-state index is -0.873. The Morgan fingerprint density at radius 2 is 1.97 bits per heavy atom. The first-order valence-electron chi connectivity index (χ1n) is 13.7. The average molecular weight is 552 g/mol. The Hall–Kier alpha value is -3.18. The molecule has 1 aromatic carbocycles. The summed E-state index contributed by atoms with van der Waals surface area (Å²) in [5, 5.41) is 17.5. The molecular weight excluding hydrogens is 518 g/mol. The number of carbonyl (C=O) groups is 3. The van der Waals surface area contributed by atoms with Gasteiger partial charge in [-0.2, -0.15) is 0 Å². The molecule has 4 aliphatic rings. The fourth-order valence-electron chi connectivity index (χ4n) is 6.42. The largest absolute Gasteiger partial charge is 0.465 e. The number of aliphatic hydroxyl groups is 1. The first kappa shape index (κ1) is 26.1. The Bertz CT molecular complexity index is 1330. The van der Waals surface area contributed by atoms with Crippen molar-refractivity contribution in [2.24, 2.45) is 11.8 Å². The zero-order valence-electron chi connectivity index (χ0n) is 21.7. The molecular formula is C28H33N5O5S. The number of amides is 2. The van der Waals surface area contributed by atoms with Gasteiger partial charge in [0.1, 0.15) is 18.2 Å². The van der Waals surface area contributed by atoms with Gasteiger partial charge in [-0.05, 0) is 44.2 Å². The molecule has 39 heavy (non-hydrogen) atoms. The molecule has 1 spiro atoms. The second-order valence-corrected chi connectivity index (χ2v) is 12.1. The second-order valence-electron chi connectivity index (χ2n) is 10.6. The number of carbonyl (C=O) groups excluding carboxylic acids is 3. The normalized spacial score (nSPS) is 31.3. The fraction of sp³-hybridized carbons (Fsp3) is 0.536. The average Bonchev–Trinajstić information content (AvgIpc) is 3.54. The standard InChI is InChI=1S/C28H33N5O5S/c34-16-7-2-6-15-32-24-26(36)31(18-33-20-11-5-4-10-19(20)29-30-33)14-9-13-28(24)23(25(32)35)22-21(39-28)12-3-1-8-17-38-27(22)37/h3-5,9-13,21-24,34H,1-2,6-8,14-18H2/b12-3-/t21-,22+,23+,24?,28+/m1/s1. The summed E-state index contributed by atoms with van der Waals surface area (Å²) in [7, 11) is 0. The van der Waals surface area contributed by atoms with E-state index in [0.717, 1.165) is 30.3 Å². The third kappa shape index (κ3) is 4.45. The van der Waals surface area contributed by atoms with Crippen molar-refractivity contribution in [2.45, 2.75) is 54.8 Å². The van der Waals surface area contributed by atoms with Crippen molar-refractivity contribution < 1.29 is 24.2 Å². The number of hydrogen-bond acceptors (Lipinski definition) is 8. The van der Waals surface area contributed by atoms with E-state index in [9.17, 15) is 19.5 Å². The highest BCUT2D eigenvalue weighted by molar-refractivity contribution is 8.02. The van der Waals surface area contributed by atoms with Crippen molar-refractivity contribution >= 4 is 40.6 Å². The number of fused-ring (bicyclic) bond motifs is 3. The summed E-state index contributed by atoms with van der Waals surface area (Å²) in [6, 6.07) is 6.85. The molecule has 0 saturated carbocycles. The quantitative estimate of drug-likeness (QED) is 0.316. The lowest BCUT2D eigenvalue weighted by molar-refractivity contribution is -0.153. The van der Waals surface area contributed by atoms with Crippen LogP contribution >= 0.6 is 11.8 Å². The number of aromatic nitrogens is 3. The van der Waals surface area contributed by atoms with Crippen LogP contribution in [0.4, 0.5) is 0 Å². The van der Waals surface area contributed by atoms with Crippen molar-refractivity contribution in [3.8, 4) is 0 Å². The lowest BCUT2D eigenvalue weighted by Gasteiger charge is -2.35. The molecule has 5 heterocycles. The van der Waals surface area contributed by atoms with Crippen LogP contribution in [0.5, 0.6) is 0 Å². The number of para-hydroxylation sites is 1. The number of thioether (sulfide) groups is 1. The van der Waals surface area contributed by atoms with Crippen LogP contribution in [0.2, 0.25) is 0 Å². The van der Waals surface area contributed by atoms with Crippen LogP contribution in [0.3, 0.4) is 0 Å². The van der Waals surface area contributed by atoms with Crippen molar-refractivity contribution in [1.29, 1.82) is 0 Å². The van der Waals surface area contributed by atoms with Crippen LogP contribution in [-0.2, 0) is 25.8 Å². The highest BCUT2D eigenvalue weighted by Crippen LogP contribution is 2.60. The summed E-state index contributed by atoms with van der Waals surface area (Å²) >= 11 is 1.55. The van der Waals surface area contributed by atoms with Crippen LogP contribution < -0.4 is 0 Å². The number of ether oxygens (including phenoxy) is 1. The minimum absolute atomic E-state index is 0.0863. The zero-order valence-corrected chi connectivity index (χ0v) is 22.5. The van der Waals surface area contributed by atoms with Crippen molar-refractivity contribution in [2.75, 3.05) is 26.3 Å². The highest BCUT2D eigenvalue weighted by Gasteiger charge is 2.70. The van der Waals surface area contributed by atoms with Gasteiger partial charge in [0.2, 0.25) is 11.8 Å². The van der Waals surface area contributed by atoms with Gasteiger partial charge in [-0.1, -0.05) is 41.7 Å². The predicted molar refractivity (Wildman–Crippen MR) is 145 cm³/mol. The summed E-state index contributed by atoms with van der Waals surface area (Å²) in [4.78, 5) is 45.3. The maximum absolute atomic E-state index is 14.4. The molecule has 1 aromatic heterocycles. The first-order valence-corrected chi connectivity index (χ1v) is 14.6. The van der Waals surface area contributed by atoms with Gasteiger partial charge < -0.3 is 19.6 Å². The second kappa shape index (κ2) is 10.8. The molecule has 2 saturated heterocycles. The van der Waals surface area contributed by atoms with E-state index in [2.05, 4.69) is 16.4 Å². The van der Waals surface area contributed by atoms with Gasteiger partial charge in [0, 0.05) is 24.9 Å². The molecule has 10 nitrogen and oxygen atoms in total. The number of cyclic esters (lactones) is 1. The molecule has 2 amide bonds. The molecule has 0 radical (unpaired) electrons. The maximum Gasteiger partial charge on any atom is 0.311 e. The molecule has 2 fully saturated rings. The topological polar surface area (TPSA) is 118 Å². The van der Waals surface area contributed by atoms with Crippen molar-refractivity contribution in [3.63, 3.8) is 0 Å². The van der Waals surface area contributed by atoms with Crippen molar-refractivity contribution in [3.05, 3.63) is 48.6 Å². The number of nitrogens with zero attached hydrogens (tertiary/aromatic N) is 5. The molecule has 5 atom stereocenters. The van der Waals surface area contributed by atoms with Crippen molar-refractivity contribution in [1.82, 2.24) is 24.8 Å². The van der Waals surface area contributed by atoms with E-state index >= 15 is 0 Å². The number of unbranched alkanes of at least 4 members (excludes halogenated alkanes) is 2. The number of hydrogen-bond donors (Lipinski definition) is 1. The number of benzene rings is 1. The number of allylic oxidation sites excluding steroid dienone is 1. The smallest absolute Gasteiger partial charge is 0.311 e. The van der Waals surface area contributed by atoms with Gasteiger partial charge >= 0.3 is 5.97 Å². The Labute approximate surface area is 231 Å². The minimum Gasteiger partial charge on any atom is -0.465 e. The predicted octanol–water partition coefficient (Wildman–Crippen LogP) is 2.14. The lowest BCUT2D eigenvalue weighted by Crippen LogP contribution is -2.53. The molecule has 2 aromatic rings. The summed E-state index contributed by atoms with van der Waals surface area (Å²) < 4.78 is 6.45. The van der Waals surface area contributed by atoms with Gasteiger partial charge in [-0.25, -0.2) is 4.68 Å². The van der Waals surface area contributed by atoms with E-state index in [0.29, 0.717) is 32.5 Å². The molecule has 4 aliphatic heterocycles. The van der Waals surface area contributed by atoms with Crippen LogP contribution in [0.25, 0.3) is 11.0 Å². The molecule has 6 rings (SSSR count).